The fourth-order valence-electron chi connectivity index (χ4n) is 2.49. The summed E-state index contributed by atoms with van der Waals surface area (Å²) in [6.07, 6.45) is 1.62. The van der Waals surface area contributed by atoms with Crippen LogP contribution < -0.4 is 10.6 Å². The van der Waals surface area contributed by atoms with Gasteiger partial charge >= 0.3 is 0 Å². The van der Waals surface area contributed by atoms with Gasteiger partial charge in [0.05, 0.1) is 13.2 Å². The molecular weight excluding hydrogens is 248 g/mol. The predicted octanol–water partition coefficient (Wildman–Crippen LogP) is -0.0812. The SMILES string of the molecule is NC(=O)c1ccc(N2CCC3(CC2)OCCO3)nn1. The number of carbonyl (C=O) groups is 1. The predicted molar refractivity (Wildman–Crippen MR) is 66.6 cm³/mol. The number of amides is 1. The Morgan fingerprint density at radius 1 is 1.21 bits per heavy atom. The Labute approximate surface area is 110 Å². The van der Waals surface area contributed by atoms with Crippen molar-refractivity contribution in [2.24, 2.45) is 5.73 Å². The average Bonchev–Trinajstić information content (AvgIpc) is 2.88. The summed E-state index contributed by atoms with van der Waals surface area (Å²) in [5.74, 6) is -0.209. The Bertz CT molecular complexity index is 460. The van der Waals surface area contributed by atoms with E-state index in [4.69, 9.17) is 15.2 Å². The fraction of sp³-hybridized carbons (Fsp3) is 0.583. The van der Waals surface area contributed by atoms with Crippen molar-refractivity contribution < 1.29 is 14.3 Å². The molecule has 0 aromatic carbocycles. The van der Waals surface area contributed by atoms with Crippen molar-refractivity contribution in [3.05, 3.63) is 17.8 Å². The van der Waals surface area contributed by atoms with Gasteiger partial charge in [0.15, 0.2) is 17.3 Å². The third-order valence-corrected chi connectivity index (χ3v) is 3.57. The number of carbonyl (C=O) groups excluding carboxylic acids is 1. The lowest BCUT2D eigenvalue weighted by molar-refractivity contribution is -0.169. The number of rotatable bonds is 2. The second kappa shape index (κ2) is 4.75. The molecular formula is C12H16N4O3. The van der Waals surface area contributed by atoms with Crippen LogP contribution in [0.15, 0.2) is 12.1 Å². The lowest BCUT2D eigenvalue weighted by Gasteiger charge is -2.37. The summed E-state index contributed by atoms with van der Waals surface area (Å²) < 4.78 is 11.3. The van der Waals surface area contributed by atoms with Gasteiger partial charge < -0.3 is 20.1 Å². The third-order valence-electron chi connectivity index (χ3n) is 3.57. The molecule has 7 nitrogen and oxygen atoms in total. The first-order valence-electron chi connectivity index (χ1n) is 6.35. The van der Waals surface area contributed by atoms with E-state index in [-0.39, 0.29) is 5.69 Å². The quantitative estimate of drug-likeness (QED) is 0.803. The molecule has 0 aliphatic carbocycles. The molecule has 0 radical (unpaired) electrons. The van der Waals surface area contributed by atoms with Crippen LogP contribution in [0.25, 0.3) is 0 Å². The Morgan fingerprint density at radius 2 is 1.89 bits per heavy atom. The number of nitrogens with two attached hydrogens (primary N) is 1. The van der Waals surface area contributed by atoms with E-state index < -0.39 is 11.7 Å². The molecule has 19 heavy (non-hydrogen) atoms. The van der Waals surface area contributed by atoms with Crippen molar-refractivity contribution in [2.75, 3.05) is 31.2 Å². The number of hydrogen-bond donors (Lipinski definition) is 1. The van der Waals surface area contributed by atoms with Gasteiger partial charge in [0, 0.05) is 25.9 Å². The normalized spacial score (nSPS) is 21.8. The largest absolute Gasteiger partial charge is 0.364 e. The fourth-order valence-corrected chi connectivity index (χ4v) is 2.49. The number of anilines is 1. The molecule has 3 rings (SSSR count). The number of primary amides is 1. The van der Waals surface area contributed by atoms with Gasteiger partial charge in [0.25, 0.3) is 5.91 Å². The zero-order valence-corrected chi connectivity index (χ0v) is 10.5. The molecule has 1 amide bonds. The molecule has 3 heterocycles. The minimum Gasteiger partial charge on any atom is -0.364 e. The van der Waals surface area contributed by atoms with E-state index in [2.05, 4.69) is 15.1 Å². The van der Waals surface area contributed by atoms with Gasteiger partial charge in [-0.25, -0.2) is 0 Å². The lowest BCUT2D eigenvalue weighted by atomic mass is 10.0. The summed E-state index contributed by atoms with van der Waals surface area (Å²) in [6.45, 7) is 2.94. The van der Waals surface area contributed by atoms with E-state index in [0.29, 0.717) is 13.2 Å². The number of aromatic nitrogens is 2. The van der Waals surface area contributed by atoms with E-state index in [1.165, 1.54) is 0 Å². The molecule has 2 aliphatic heterocycles. The first-order chi connectivity index (χ1) is 9.19. The molecule has 2 aliphatic rings. The standard InChI is InChI=1S/C12H16N4O3/c13-11(17)9-1-2-10(15-14-9)16-5-3-12(4-6-16)18-7-8-19-12/h1-2H,3-8H2,(H2,13,17). The molecule has 2 N–H and O–H groups in total. The van der Waals surface area contributed by atoms with Gasteiger partial charge in [0.2, 0.25) is 0 Å². The maximum Gasteiger partial charge on any atom is 0.269 e. The van der Waals surface area contributed by atoms with Gasteiger partial charge in [-0.3, -0.25) is 4.79 Å². The molecule has 0 atom stereocenters. The van der Waals surface area contributed by atoms with E-state index in [1.807, 2.05) is 0 Å². The maximum absolute atomic E-state index is 10.9. The monoisotopic (exact) mass is 264 g/mol. The summed E-state index contributed by atoms with van der Waals surface area (Å²) in [6, 6.07) is 3.36. The molecule has 1 spiro atoms. The van der Waals surface area contributed by atoms with Gasteiger partial charge in [-0.2, -0.15) is 0 Å². The van der Waals surface area contributed by atoms with E-state index in [0.717, 1.165) is 31.7 Å². The Kier molecular flexibility index (Phi) is 3.08. The lowest BCUT2D eigenvalue weighted by Crippen LogP contribution is -2.45. The third kappa shape index (κ3) is 2.39. The van der Waals surface area contributed by atoms with Gasteiger partial charge in [-0.1, -0.05) is 0 Å². The van der Waals surface area contributed by atoms with Crippen molar-refractivity contribution in [3.63, 3.8) is 0 Å². The first kappa shape index (κ1) is 12.3. The Morgan fingerprint density at radius 3 is 2.42 bits per heavy atom. The van der Waals surface area contributed by atoms with Crippen molar-refractivity contribution >= 4 is 11.7 Å². The summed E-state index contributed by atoms with van der Waals surface area (Å²) in [5, 5.41) is 7.85. The van der Waals surface area contributed by atoms with Crippen molar-refractivity contribution in [2.45, 2.75) is 18.6 Å². The van der Waals surface area contributed by atoms with Crippen LogP contribution in [-0.2, 0) is 9.47 Å². The molecule has 7 heteroatoms. The smallest absolute Gasteiger partial charge is 0.269 e. The highest BCUT2D eigenvalue weighted by molar-refractivity contribution is 5.90. The van der Waals surface area contributed by atoms with Crippen LogP contribution in [0.4, 0.5) is 5.82 Å². The minimum atomic E-state index is -0.565. The second-order valence-electron chi connectivity index (χ2n) is 4.74. The van der Waals surface area contributed by atoms with E-state index in [1.54, 1.807) is 12.1 Å². The Hall–Kier alpha value is -1.73. The molecule has 0 bridgehead atoms. The van der Waals surface area contributed by atoms with Gasteiger partial charge in [-0.05, 0) is 12.1 Å². The summed E-state index contributed by atoms with van der Waals surface area (Å²) in [4.78, 5) is 13.0. The van der Waals surface area contributed by atoms with Gasteiger partial charge in [0.1, 0.15) is 0 Å². The molecule has 2 fully saturated rings. The number of piperidine rings is 1. The van der Waals surface area contributed by atoms with Crippen LogP contribution >= 0.6 is 0 Å². The molecule has 1 aromatic rings. The van der Waals surface area contributed by atoms with Crippen LogP contribution in [-0.4, -0.2) is 48.2 Å². The molecule has 0 saturated carbocycles. The molecule has 2 saturated heterocycles. The molecule has 102 valence electrons. The van der Waals surface area contributed by atoms with Crippen LogP contribution in [0.5, 0.6) is 0 Å². The van der Waals surface area contributed by atoms with Crippen molar-refractivity contribution in [1.29, 1.82) is 0 Å². The maximum atomic E-state index is 10.9. The zero-order chi connectivity index (χ0) is 13.3. The van der Waals surface area contributed by atoms with Gasteiger partial charge in [-0.15, -0.1) is 10.2 Å². The molecule has 1 aromatic heterocycles. The second-order valence-corrected chi connectivity index (χ2v) is 4.74. The van der Waals surface area contributed by atoms with Crippen LogP contribution in [0.2, 0.25) is 0 Å². The summed E-state index contributed by atoms with van der Waals surface area (Å²) in [7, 11) is 0. The zero-order valence-electron chi connectivity index (χ0n) is 10.5. The highest BCUT2D eigenvalue weighted by Crippen LogP contribution is 2.32. The van der Waals surface area contributed by atoms with Crippen molar-refractivity contribution in [1.82, 2.24) is 10.2 Å². The Balaban J connectivity index is 1.66. The topological polar surface area (TPSA) is 90.6 Å². The van der Waals surface area contributed by atoms with Crippen LogP contribution in [0.1, 0.15) is 23.3 Å². The minimum absolute atomic E-state index is 0.180. The molecule has 0 unspecified atom stereocenters. The summed E-state index contributed by atoms with van der Waals surface area (Å²) in [5.41, 5.74) is 5.31. The van der Waals surface area contributed by atoms with Crippen LogP contribution in [0, 0.1) is 0 Å². The summed E-state index contributed by atoms with van der Waals surface area (Å²) >= 11 is 0. The average molecular weight is 264 g/mol. The van der Waals surface area contributed by atoms with E-state index >= 15 is 0 Å². The highest BCUT2D eigenvalue weighted by atomic mass is 16.7. The number of hydrogen-bond acceptors (Lipinski definition) is 6. The number of nitrogens with zero attached hydrogens (tertiary/aromatic N) is 3. The highest BCUT2D eigenvalue weighted by Gasteiger charge is 2.40. The van der Waals surface area contributed by atoms with Crippen LogP contribution in [0.3, 0.4) is 0 Å². The van der Waals surface area contributed by atoms with E-state index in [9.17, 15) is 4.79 Å². The number of ether oxygens (including phenoxy) is 2. The first-order valence-corrected chi connectivity index (χ1v) is 6.35. The van der Waals surface area contributed by atoms with Crippen molar-refractivity contribution in [3.8, 4) is 0 Å².